The Morgan fingerprint density at radius 3 is 2.81 bits per heavy atom. The molecule has 0 radical (unpaired) electrons. The third-order valence-corrected chi connectivity index (χ3v) is 5.71. The molecule has 140 valence electrons. The average Bonchev–Trinajstić information content (AvgIpc) is 3.32. The molecule has 0 unspecified atom stereocenters. The van der Waals surface area contributed by atoms with E-state index in [1.54, 1.807) is 11.3 Å². The number of aromatic nitrogens is 3. The van der Waals surface area contributed by atoms with E-state index >= 15 is 0 Å². The lowest BCUT2D eigenvalue weighted by molar-refractivity contribution is 0.239. The number of fused-ring (bicyclic) bond motifs is 1. The second-order valence-corrected chi connectivity index (χ2v) is 8.22. The molecular weight excluding hydrogens is 358 g/mol. The van der Waals surface area contributed by atoms with Crippen LogP contribution in [0.25, 0.3) is 10.4 Å². The Balaban J connectivity index is 1.52. The van der Waals surface area contributed by atoms with Crippen molar-refractivity contribution >= 4 is 23.1 Å². The van der Waals surface area contributed by atoms with Gasteiger partial charge in [0.25, 0.3) is 0 Å². The summed E-state index contributed by atoms with van der Waals surface area (Å²) >= 11 is 1.65. The predicted molar refractivity (Wildman–Crippen MR) is 108 cm³/mol. The van der Waals surface area contributed by atoms with Crippen LogP contribution in [0.5, 0.6) is 0 Å². The van der Waals surface area contributed by atoms with Crippen LogP contribution in [0.3, 0.4) is 0 Å². The Hall–Kier alpha value is -2.67. The SMILES string of the molecule is CC(C)(NC(=O)Nc1ccccc1-c1cccs1)c1nnc2n1CCCC2. The molecule has 1 aliphatic rings. The third-order valence-electron chi connectivity index (χ3n) is 4.81. The van der Waals surface area contributed by atoms with E-state index in [0.717, 1.165) is 53.6 Å². The number of carbonyl (C=O) groups excluding carboxylic acids is 1. The van der Waals surface area contributed by atoms with Crippen molar-refractivity contribution in [2.24, 2.45) is 0 Å². The van der Waals surface area contributed by atoms with E-state index in [1.165, 1.54) is 0 Å². The van der Waals surface area contributed by atoms with E-state index in [1.807, 2.05) is 49.6 Å². The zero-order valence-electron chi connectivity index (χ0n) is 15.5. The molecule has 2 N–H and O–H groups in total. The fourth-order valence-corrected chi connectivity index (χ4v) is 4.27. The first-order valence-corrected chi connectivity index (χ1v) is 10.1. The molecule has 0 saturated heterocycles. The molecule has 2 amide bonds. The number of benzene rings is 1. The zero-order valence-corrected chi connectivity index (χ0v) is 16.3. The number of anilines is 1. The van der Waals surface area contributed by atoms with E-state index in [9.17, 15) is 4.79 Å². The van der Waals surface area contributed by atoms with Crippen LogP contribution in [0.2, 0.25) is 0 Å². The molecule has 0 fully saturated rings. The monoisotopic (exact) mass is 381 g/mol. The first kappa shape index (κ1) is 17.7. The minimum atomic E-state index is -0.620. The molecule has 7 heteroatoms. The van der Waals surface area contributed by atoms with Crippen LogP contribution in [0.1, 0.15) is 38.3 Å². The lowest BCUT2D eigenvalue weighted by Crippen LogP contribution is -2.45. The number of hydrogen-bond acceptors (Lipinski definition) is 4. The summed E-state index contributed by atoms with van der Waals surface area (Å²) in [6, 6.07) is 11.6. The van der Waals surface area contributed by atoms with E-state index in [4.69, 9.17) is 0 Å². The maximum atomic E-state index is 12.7. The summed E-state index contributed by atoms with van der Waals surface area (Å²) < 4.78 is 2.14. The van der Waals surface area contributed by atoms with Crippen molar-refractivity contribution in [1.29, 1.82) is 0 Å². The van der Waals surface area contributed by atoms with E-state index in [0.29, 0.717) is 0 Å². The summed E-state index contributed by atoms with van der Waals surface area (Å²) in [4.78, 5) is 13.9. The predicted octanol–water partition coefficient (Wildman–Crippen LogP) is 4.40. The van der Waals surface area contributed by atoms with Crippen LogP contribution in [0.4, 0.5) is 10.5 Å². The van der Waals surface area contributed by atoms with Crippen LogP contribution < -0.4 is 10.6 Å². The van der Waals surface area contributed by atoms with Gasteiger partial charge in [0.1, 0.15) is 5.82 Å². The van der Waals surface area contributed by atoms with Crippen molar-refractivity contribution in [3.63, 3.8) is 0 Å². The molecule has 27 heavy (non-hydrogen) atoms. The summed E-state index contributed by atoms with van der Waals surface area (Å²) in [5.41, 5.74) is 1.18. The summed E-state index contributed by atoms with van der Waals surface area (Å²) in [5, 5.41) is 16.8. The highest BCUT2D eigenvalue weighted by molar-refractivity contribution is 7.13. The second-order valence-electron chi connectivity index (χ2n) is 7.28. The number of nitrogens with one attached hydrogen (secondary N) is 2. The maximum absolute atomic E-state index is 12.7. The van der Waals surface area contributed by atoms with Gasteiger partial charge in [0, 0.05) is 23.4 Å². The van der Waals surface area contributed by atoms with Crippen molar-refractivity contribution < 1.29 is 4.79 Å². The highest BCUT2D eigenvalue weighted by Gasteiger charge is 2.31. The molecule has 2 aromatic heterocycles. The van der Waals surface area contributed by atoms with Crippen molar-refractivity contribution in [3.05, 3.63) is 53.4 Å². The molecule has 0 bridgehead atoms. The number of aryl methyl sites for hydroxylation is 1. The van der Waals surface area contributed by atoms with Crippen LogP contribution in [0, 0.1) is 0 Å². The summed E-state index contributed by atoms with van der Waals surface area (Å²) in [6.45, 7) is 4.83. The van der Waals surface area contributed by atoms with Crippen molar-refractivity contribution in [2.75, 3.05) is 5.32 Å². The third kappa shape index (κ3) is 3.60. The van der Waals surface area contributed by atoms with Crippen LogP contribution in [0.15, 0.2) is 41.8 Å². The Labute approximate surface area is 162 Å². The second kappa shape index (κ2) is 7.15. The topological polar surface area (TPSA) is 71.8 Å². The van der Waals surface area contributed by atoms with Gasteiger partial charge in [-0.1, -0.05) is 24.3 Å². The Morgan fingerprint density at radius 2 is 2.00 bits per heavy atom. The van der Waals surface area contributed by atoms with Crippen LogP contribution in [-0.4, -0.2) is 20.8 Å². The smallest absolute Gasteiger partial charge is 0.320 e. The molecule has 0 saturated carbocycles. The first-order valence-electron chi connectivity index (χ1n) is 9.19. The summed E-state index contributed by atoms with van der Waals surface area (Å²) in [7, 11) is 0. The molecule has 0 atom stereocenters. The van der Waals surface area contributed by atoms with Crippen molar-refractivity contribution in [3.8, 4) is 10.4 Å². The van der Waals surface area contributed by atoms with Gasteiger partial charge < -0.3 is 15.2 Å². The van der Waals surface area contributed by atoms with Gasteiger partial charge in [0.2, 0.25) is 0 Å². The highest BCUT2D eigenvalue weighted by atomic mass is 32.1. The molecule has 1 aromatic carbocycles. The number of rotatable bonds is 4. The first-order chi connectivity index (χ1) is 13.0. The highest BCUT2D eigenvalue weighted by Crippen LogP contribution is 2.31. The van der Waals surface area contributed by atoms with Gasteiger partial charge in [-0.25, -0.2) is 4.79 Å². The number of thiophene rings is 1. The molecule has 3 aromatic rings. The van der Waals surface area contributed by atoms with Gasteiger partial charge >= 0.3 is 6.03 Å². The van der Waals surface area contributed by atoms with Gasteiger partial charge in [0.05, 0.1) is 11.2 Å². The molecule has 6 nitrogen and oxygen atoms in total. The number of nitrogens with zero attached hydrogens (tertiary/aromatic N) is 3. The van der Waals surface area contributed by atoms with Gasteiger partial charge in [0.15, 0.2) is 5.82 Å². The zero-order chi connectivity index (χ0) is 18.9. The number of para-hydroxylation sites is 1. The lowest BCUT2D eigenvalue weighted by atomic mass is 10.0. The van der Waals surface area contributed by atoms with E-state index < -0.39 is 5.54 Å². The summed E-state index contributed by atoms with van der Waals surface area (Å²) in [5.74, 6) is 1.81. The van der Waals surface area contributed by atoms with Gasteiger partial charge in [-0.2, -0.15) is 0 Å². The van der Waals surface area contributed by atoms with E-state index in [2.05, 4.69) is 31.5 Å². The summed E-state index contributed by atoms with van der Waals surface area (Å²) in [6.07, 6.45) is 3.21. The fourth-order valence-electron chi connectivity index (χ4n) is 3.50. The molecule has 3 heterocycles. The maximum Gasteiger partial charge on any atom is 0.320 e. The van der Waals surface area contributed by atoms with Gasteiger partial charge in [-0.05, 0) is 44.2 Å². The van der Waals surface area contributed by atoms with Gasteiger partial charge in [-0.15, -0.1) is 21.5 Å². The average molecular weight is 382 g/mol. The van der Waals surface area contributed by atoms with Crippen molar-refractivity contribution in [2.45, 2.75) is 45.2 Å². The molecule has 1 aliphatic heterocycles. The quantitative estimate of drug-likeness (QED) is 0.704. The number of carbonyl (C=O) groups is 1. The number of amides is 2. The van der Waals surface area contributed by atoms with Gasteiger partial charge in [-0.3, -0.25) is 0 Å². The molecule has 4 rings (SSSR count). The molecular formula is C20H23N5OS. The largest absolute Gasteiger partial charge is 0.326 e. The molecule has 0 spiro atoms. The number of hydrogen-bond donors (Lipinski definition) is 2. The standard InChI is InChI=1S/C20H23N5OS/c1-20(2,18-24-23-17-11-5-6-12-25(17)18)22-19(26)21-15-9-4-3-8-14(15)16-10-7-13-27-16/h3-4,7-10,13H,5-6,11-12H2,1-2H3,(H2,21,22,26). The Bertz CT molecular complexity index is 945. The van der Waals surface area contributed by atoms with Crippen LogP contribution >= 0.6 is 11.3 Å². The normalized spacial score (nSPS) is 13.9. The number of urea groups is 1. The lowest BCUT2D eigenvalue weighted by Gasteiger charge is -2.27. The van der Waals surface area contributed by atoms with E-state index in [-0.39, 0.29) is 6.03 Å². The minimum absolute atomic E-state index is 0.253. The Kier molecular flexibility index (Phi) is 4.70. The molecule has 0 aliphatic carbocycles. The van der Waals surface area contributed by atoms with Crippen molar-refractivity contribution in [1.82, 2.24) is 20.1 Å². The van der Waals surface area contributed by atoms with Crippen LogP contribution in [-0.2, 0) is 18.5 Å². The fraction of sp³-hybridized carbons (Fsp3) is 0.350. The minimum Gasteiger partial charge on any atom is -0.326 e. The Morgan fingerprint density at radius 1 is 1.15 bits per heavy atom.